The van der Waals surface area contributed by atoms with Gasteiger partial charge in [-0.2, -0.15) is 0 Å². The molecule has 1 aliphatic carbocycles. The van der Waals surface area contributed by atoms with Gasteiger partial charge in [-0.25, -0.2) is 0 Å². The lowest BCUT2D eigenvalue weighted by molar-refractivity contribution is 0.287. The molecule has 0 saturated heterocycles. The lowest BCUT2D eigenvalue weighted by atomic mass is 9.74. The predicted octanol–water partition coefficient (Wildman–Crippen LogP) is 3.74. The van der Waals surface area contributed by atoms with Crippen LogP contribution in [-0.4, -0.2) is 16.5 Å². The molecule has 1 aliphatic rings. The topological polar surface area (TPSA) is 44.6 Å². The molecule has 0 spiro atoms. The van der Waals surface area contributed by atoms with Crippen LogP contribution in [0.4, 0.5) is 0 Å². The first-order valence-corrected chi connectivity index (χ1v) is 7.21. The van der Waals surface area contributed by atoms with Crippen LogP contribution in [0.1, 0.15) is 38.7 Å². The smallest absolute Gasteiger partial charge is 0.0774 e. The molecule has 0 bridgehead atoms. The zero-order valence-corrected chi connectivity index (χ0v) is 12.4. The highest BCUT2D eigenvalue weighted by Gasteiger charge is 2.37. The summed E-state index contributed by atoms with van der Waals surface area (Å²) in [5.41, 5.74) is 3.04. The summed E-state index contributed by atoms with van der Waals surface area (Å²) in [5.74, 6) is 0.438. The first-order valence-electron chi connectivity index (χ1n) is 7.21. The first-order chi connectivity index (χ1) is 9.55. The zero-order valence-electron chi connectivity index (χ0n) is 12.4. The third-order valence-electron chi connectivity index (χ3n) is 4.41. The van der Waals surface area contributed by atoms with E-state index in [0.717, 1.165) is 31.5 Å². The molecule has 2 unspecified atom stereocenters. The van der Waals surface area contributed by atoms with Gasteiger partial charge in [0.05, 0.1) is 11.3 Å². The van der Waals surface area contributed by atoms with E-state index in [1.54, 1.807) is 0 Å². The van der Waals surface area contributed by atoms with Crippen molar-refractivity contribution >= 4 is 5.71 Å². The molecule has 0 heterocycles. The van der Waals surface area contributed by atoms with Crippen molar-refractivity contribution in [1.82, 2.24) is 5.32 Å². The third kappa shape index (κ3) is 3.28. The largest absolute Gasteiger partial charge is 0.411 e. The van der Waals surface area contributed by atoms with Gasteiger partial charge < -0.3 is 10.5 Å². The minimum atomic E-state index is -0.226. The highest BCUT2D eigenvalue weighted by atomic mass is 16.4. The molecule has 20 heavy (non-hydrogen) atoms. The highest BCUT2D eigenvalue weighted by Crippen LogP contribution is 2.33. The Balaban J connectivity index is 2.04. The van der Waals surface area contributed by atoms with Crippen LogP contribution >= 0.6 is 0 Å². The molecule has 0 amide bonds. The number of oxime groups is 1. The van der Waals surface area contributed by atoms with Crippen molar-refractivity contribution in [2.75, 3.05) is 0 Å². The van der Waals surface area contributed by atoms with Crippen LogP contribution in [-0.2, 0) is 6.54 Å². The van der Waals surface area contributed by atoms with Crippen molar-refractivity contribution < 1.29 is 5.21 Å². The lowest BCUT2D eigenvalue weighted by Gasteiger charge is -2.39. The lowest BCUT2D eigenvalue weighted by Crippen LogP contribution is -2.52. The molecular weight excluding hydrogens is 248 g/mol. The second-order valence-electron chi connectivity index (χ2n) is 6.00. The third-order valence-corrected chi connectivity index (χ3v) is 4.41. The fourth-order valence-electron chi connectivity index (χ4n) is 2.82. The second-order valence-corrected chi connectivity index (χ2v) is 6.00. The Morgan fingerprint density at radius 2 is 2.15 bits per heavy atom. The summed E-state index contributed by atoms with van der Waals surface area (Å²) in [6.07, 6.45) is 2.85. The van der Waals surface area contributed by atoms with Crippen LogP contribution in [0.5, 0.6) is 0 Å². The summed E-state index contributed by atoms with van der Waals surface area (Å²) in [6, 6.07) is 10.3. The summed E-state index contributed by atoms with van der Waals surface area (Å²) in [7, 11) is 0. The standard InChI is InChI=1S/C17H24N2O/c1-13(2)15-9-10-17(3,16(11-15)19-20)18-12-14-7-5-4-6-8-14/h4-8,15,18,20H,1,9-12H2,2-3H3/b19-16+. The van der Waals surface area contributed by atoms with Crippen LogP contribution in [0.3, 0.4) is 0 Å². The Hall–Kier alpha value is -1.61. The van der Waals surface area contributed by atoms with Gasteiger partial charge in [-0.05, 0) is 44.6 Å². The van der Waals surface area contributed by atoms with Gasteiger partial charge >= 0.3 is 0 Å². The van der Waals surface area contributed by atoms with E-state index in [1.165, 1.54) is 11.1 Å². The SMILES string of the molecule is C=C(C)C1CCC(C)(NCc2ccccc2)/C(=N/O)C1. The molecule has 2 atom stereocenters. The Kier molecular flexibility index (Phi) is 4.61. The van der Waals surface area contributed by atoms with Crippen molar-refractivity contribution in [2.24, 2.45) is 11.1 Å². The molecule has 1 saturated carbocycles. The molecular formula is C17H24N2O. The van der Waals surface area contributed by atoms with Gasteiger partial charge in [0.1, 0.15) is 0 Å². The second kappa shape index (κ2) is 6.23. The first kappa shape index (κ1) is 14.8. The van der Waals surface area contributed by atoms with Crippen molar-refractivity contribution in [2.45, 2.75) is 45.2 Å². The van der Waals surface area contributed by atoms with Crippen LogP contribution in [0, 0.1) is 5.92 Å². The maximum absolute atomic E-state index is 9.34. The molecule has 1 aromatic rings. The maximum atomic E-state index is 9.34. The summed E-state index contributed by atoms with van der Waals surface area (Å²) >= 11 is 0. The summed E-state index contributed by atoms with van der Waals surface area (Å²) in [6.45, 7) is 9.00. The minimum Gasteiger partial charge on any atom is -0.411 e. The van der Waals surface area contributed by atoms with Crippen LogP contribution < -0.4 is 5.32 Å². The highest BCUT2D eigenvalue weighted by molar-refractivity contribution is 5.93. The van der Waals surface area contributed by atoms with E-state index in [1.807, 2.05) is 18.2 Å². The Labute approximate surface area is 121 Å². The molecule has 2 rings (SSSR count). The Morgan fingerprint density at radius 1 is 1.45 bits per heavy atom. The van der Waals surface area contributed by atoms with E-state index in [9.17, 15) is 5.21 Å². The predicted molar refractivity (Wildman–Crippen MR) is 83.1 cm³/mol. The van der Waals surface area contributed by atoms with E-state index in [2.05, 4.69) is 43.0 Å². The van der Waals surface area contributed by atoms with E-state index in [4.69, 9.17) is 0 Å². The van der Waals surface area contributed by atoms with E-state index in [0.29, 0.717) is 5.92 Å². The number of allylic oxidation sites excluding steroid dienone is 1. The van der Waals surface area contributed by atoms with Crippen molar-refractivity contribution in [1.29, 1.82) is 0 Å². The van der Waals surface area contributed by atoms with Crippen molar-refractivity contribution in [3.05, 3.63) is 48.0 Å². The molecule has 0 aliphatic heterocycles. The minimum absolute atomic E-state index is 0.226. The van der Waals surface area contributed by atoms with E-state index < -0.39 is 0 Å². The number of nitrogens with one attached hydrogen (secondary N) is 1. The molecule has 0 aromatic heterocycles. The summed E-state index contributed by atoms with van der Waals surface area (Å²) in [4.78, 5) is 0. The van der Waals surface area contributed by atoms with Crippen molar-refractivity contribution in [3.63, 3.8) is 0 Å². The Bertz CT molecular complexity index is 495. The van der Waals surface area contributed by atoms with Crippen LogP contribution in [0.25, 0.3) is 0 Å². The molecule has 3 heteroatoms. The number of hydrogen-bond acceptors (Lipinski definition) is 3. The molecule has 0 radical (unpaired) electrons. The van der Waals surface area contributed by atoms with E-state index in [-0.39, 0.29) is 5.54 Å². The number of hydrogen-bond donors (Lipinski definition) is 2. The molecule has 1 fully saturated rings. The monoisotopic (exact) mass is 272 g/mol. The maximum Gasteiger partial charge on any atom is 0.0774 e. The number of rotatable bonds is 4. The quantitative estimate of drug-likeness (QED) is 0.498. The van der Waals surface area contributed by atoms with Gasteiger partial charge in [0.2, 0.25) is 0 Å². The number of nitrogens with zero attached hydrogens (tertiary/aromatic N) is 1. The summed E-state index contributed by atoms with van der Waals surface area (Å²) in [5, 5.41) is 16.5. The molecule has 1 aromatic carbocycles. The fraction of sp³-hybridized carbons (Fsp3) is 0.471. The van der Waals surface area contributed by atoms with Gasteiger partial charge in [-0.3, -0.25) is 0 Å². The van der Waals surface area contributed by atoms with Crippen LogP contribution in [0.15, 0.2) is 47.6 Å². The van der Waals surface area contributed by atoms with E-state index >= 15 is 0 Å². The van der Waals surface area contributed by atoms with Gasteiger partial charge in [0.15, 0.2) is 0 Å². The molecule has 108 valence electrons. The number of benzene rings is 1. The summed E-state index contributed by atoms with van der Waals surface area (Å²) < 4.78 is 0. The fourth-order valence-corrected chi connectivity index (χ4v) is 2.82. The van der Waals surface area contributed by atoms with Crippen LogP contribution in [0.2, 0.25) is 0 Å². The average molecular weight is 272 g/mol. The normalized spacial score (nSPS) is 28.5. The van der Waals surface area contributed by atoms with Gasteiger partial charge in [0, 0.05) is 6.54 Å². The molecule has 2 N–H and O–H groups in total. The van der Waals surface area contributed by atoms with Crippen molar-refractivity contribution in [3.8, 4) is 0 Å². The average Bonchev–Trinajstić information content (AvgIpc) is 2.46. The van der Waals surface area contributed by atoms with Gasteiger partial charge in [-0.15, -0.1) is 0 Å². The van der Waals surface area contributed by atoms with Gasteiger partial charge in [0.25, 0.3) is 0 Å². The molecule has 3 nitrogen and oxygen atoms in total. The zero-order chi connectivity index (χ0) is 14.6. The Morgan fingerprint density at radius 3 is 2.75 bits per heavy atom. The van der Waals surface area contributed by atoms with Gasteiger partial charge in [-0.1, -0.05) is 47.6 Å².